The average molecular weight is 228 g/mol. The van der Waals surface area contributed by atoms with E-state index in [9.17, 15) is 8.60 Å². The summed E-state index contributed by atoms with van der Waals surface area (Å²) in [5.41, 5.74) is 0.761. The van der Waals surface area contributed by atoms with Crippen LogP contribution in [0.3, 0.4) is 0 Å². The molecule has 5 heteroatoms. The van der Waals surface area contributed by atoms with E-state index in [4.69, 9.17) is 0 Å². The third-order valence-corrected chi connectivity index (χ3v) is 4.26. The largest absolute Gasteiger partial charge is 0.307 e. The van der Waals surface area contributed by atoms with Gasteiger partial charge in [-0.15, -0.1) is 0 Å². The molecule has 1 aromatic heterocycles. The molecule has 15 heavy (non-hydrogen) atoms. The maximum Gasteiger partial charge on any atom is 0.141 e. The molecule has 1 aliphatic rings. The molecule has 0 aromatic carbocycles. The van der Waals surface area contributed by atoms with E-state index < -0.39 is 10.8 Å². The quantitative estimate of drug-likeness (QED) is 0.779. The first kappa shape index (κ1) is 10.7. The van der Waals surface area contributed by atoms with Crippen molar-refractivity contribution >= 4 is 10.8 Å². The predicted octanol–water partition coefficient (Wildman–Crippen LogP) is 1.00. The van der Waals surface area contributed by atoms with Gasteiger partial charge in [0.25, 0.3) is 0 Å². The summed E-state index contributed by atoms with van der Waals surface area (Å²) in [5, 5.41) is 3.44. The Bertz CT molecular complexity index is 368. The first-order valence-electron chi connectivity index (χ1n) is 4.89. The van der Waals surface area contributed by atoms with Crippen molar-refractivity contribution in [1.82, 2.24) is 10.3 Å². The number of nitrogens with zero attached hydrogens (tertiary/aromatic N) is 1. The number of rotatable bonds is 1. The Balaban J connectivity index is 2.12. The van der Waals surface area contributed by atoms with Crippen molar-refractivity contribution < 1.29 is 8.60 Å². The third kappa shape index (κ3) is 2.41. The van der Waals surface area contributed by atoms with Crippen LogP contribution in [0.5, 0.6) is 0 Å². The van der Waals surface area contributed by atoms with Gasteiger partial charge in [0, 0.05) is 28.3 Å². The fourth-order valence-electron chi connectivity index (χ4n) is 1.57. The number of hydrogen-bond acceptors (Lipinski definition) is 3. The molecule has 3 atom stereocenters. The van der Waals surface area contributed by atoms with Gasteiger partial charge >= 0.3 is 0 Å². The molecule has 1 fully saturated rings. The van der Waals surface area contributed by atoms with Gasteiger partial charge in [-0.05, 0) is 19.1 Å². The molecular formula is C10H13FN2OS. The van der Waals surface area contributed by atoms with Crippen molar-refractivity contribution in [2.24, 2.45) is 0 Å². The van der Waals surface area contributed by atoms with Gasteiger partial charge in [0.1, 0.15) is 5.82 Å². The molecule has 1 aromatic rings. The van der Waals surface area contributed by atoms with E-state index in [-0.39, 0.29) is 17.1 Å². The molecule has 1 aliphatic heterocycles. The lowest BCUT2D eigenvalue weighted by molar-refractivity contribution is 0.527. The fraction of sp³-hybridized carbons (Fsp3) is 0.500. The lowest BCUT2D eigenvalue weighted by atomic mass is 10.2. The Labute approximate surface area is 90.6 Å². The van der Waals surface area contributed by atoms with E-state index in [0.717, 1.165) is 12.2 Å². The highest BCUT2D eigenvalue weighted by molar-refractivity contribution is 7.85. The van der Waals surface area contributed by atoms with Crippen molar-refractivity contribution in [1.29, 1.82) is 0 Å². The molecule has 3 nitrogen and oxygen atoms in total. The van der Waals surface area contributed by atoms with Crippen LogP contribution < -0.4 is 5.32 Å². The maximum absolute atomic E-state index is 12.6. The molecule has 2 rings (SSSR count). The SMILES string of the molecule is CC1CNC(c2ccc(F)cn2)CS1=O. The second-order valence-corrected chi connectivity index (χ2v) is 5.62. The smallest absolute Gasteiger partial charge is 0.141 e. The van der Waals surface area contributed by atoms with Crippen LogP contribution in [0.25, 0.3) is 0 Å². The first-order chi connectivity index (χ1) is 7.16. The third-order valence-electron chi connectivity index (χ3n) is 2.54. The number of pyridine rings is 1. The average Bonchev–Trinajstić information content (AvgIpc) is 2.23. The van der Waals surface area contributed by atoms with E-state index in [1.165, 1.54) is 12.3 Å². The molecule has 1 N–H and O–H groups in total. The highest BCUT2D eigenvalue weighted by Gasteiger charge is 2.25. The second-order valence-electron chi connectivity index (χ2n) is 3.72. The Morgan fingerprint density at radius 1 is 1.60 bits per heavy atom. The zero-order chi connectivity index (χ0) is 10.8. The lowest BCUT2D eigenvalue weighted by Crippen LogP contribution is -2.41. The number of hydrogen-bond donors (Lipinski definition) is 1. The van der Waals surface area contributed by atoms with Gasteiger partial charge in [-0.1, -0.05) is 0 Å². The van der Waals surface area contributed by atoms with Gasteiger partial charge in [-0.3, -0.25) is 9.19 Å². The minimum absolute atomic E-state index is 0.0115. The molecule has 0 bridgehead atoms. The Morgan fingerprint density at radius 3 is 3.00 bits per heavy atom. The van der Waals surface area contributed by atoms with Crippen LogP contribution in [0.15, 0.2) is 18.3 Å². The molecule has 0 saturated carbocycles. The van der Waals surface area contributed by atoms with Gasteiger partial charge in [-0.2, -0.15) is 0 Å². The molecule has 0 aliphatic carbocycles. The summed E-state index contributed by atoms with van der Waals surface area (Å²) in [7, 11) is -0.817. The van der Waals surface area contributed by atoms with Gasteiger partial charge in [-0.25, -0.2) is 4.39 Å². The summed E-state index contributed by atoms with van der Waals surface area (Å²) in [4.78, 5) is 3.99. The first-order valence-corrected chi connectivity index (χ1v) is 6.27. The number of nitrogens with one attached hydrogen (secondary N) is 1. The lowest BCUT2D eigenvalue weighted by Gasteiger charge is -2.26. The van der Waals surface area contributed by atoms with Crippen LogP contribution in [-0.4, -0.2) is 26.7 Å². The predicted molar refractivity (Wildman–Crippen MR) is 57.4 cm³/mol. The highest BCUT2D eigenvalue weighted by atomic mass is 32.2. The van der Waals surface area contributed by atoms with Crippen molar-refractivity contribution in [3.8, 4) is 0 Å². The molecule has 0 radical (unpaired) electrons. The zero-order valence-electron chi connectivity index (χ0n) is 8.44. The van der Waals surface area contributed by atoms with Gasteiger partial charge < -0.3 is 5.32 Å². The molecular weight excluding hydrogens is 215 g/mol. The van der Waals surface area contributed by atoms with E-state index in [1.807, 2.05) is 6.92 Å². The van der Waals surface area contributed by atoms with E-state index in [1.54, 1.807) is 6.07 Å². The van der Waals surface area contributed by atoms with Crippen LogP contribution in [0.4, 0.5) is 4.39 Å². The fourth-order valence-corrected chi connectivity index (χ4v) is 2.80. The standard InChI is InChI=1S/C10H13FN2OS/c1-7-4-12-10(6-15(7)14)9-3-2-8(11)5-13-9/h2-3,5,7,10,12H,4,6H2,1H3. The molecule has 1 saturated heterocycles. The summed E-state index contributed by atoms with van der Waals surface area (Å²) in [6, 6.07) is 3.01. The van der Waals surface area contributed by atoms with Crippen molar-refractivity contribution in [3.05, 3.63) is 29.8 Å². The van der Waals surface area contributed by atoms with Gasteiger partial charge in [0.15, 0.2) is 0 Å². The normalized spacial score (nSPS) is 31.5. The molecule has 3 unspecified atom stereocenters. The maximum atomic E-state index is 12.6. The van der Waals surface area contributed by atoms with E-state index >= 15 is 0 Å². The minimum atomic E-state index is -0.817. The summed E-state index contributed by atoms with van der Waals surface area (Å²) >= 11 is 0. The molecule has 2 heterocycles. The van der Waals surface area contributed by atoms with Crippen LogP contribution in [0, 0.1) is 5.82 Å². The summed E-state index contributed by atoms with van der Waals surface area (Å²) < 4.78 is 24.3. The van der Waals surface area contributed by atoms with E-state index in [2.05, 4.69) is 10.3 Å². The van der Waals surface area contributed by atoms with Crippen LogP contribution in [-0.2, 0) is 10.8 Å². The Morgan fingerprint density at radius 2 is 2.40 bits per heavy atom. The van der Waals surface area contributed by atoms with Crippen molar-refractivity contribution in [3.63, 3.8) is 0 Å². The Kier molecular flexibility index (Phi) is 3.11. The zero-order valence-corrected chi connectivity index (χ0v) is 9.26. The van der Waals surface area contributed by atoms with Crippen molar-refractivity contribution in [2.75, 3.05) is 12.3 Å². The van der Waals surface area contributed by atoms with Crippen LogP contribution in [0.1, 0.15) is 18.7 Å². The van der Waals surface area contributed by atoms with Crippen LogP contribution >= 0.6 is 0 Å². The summed E-state index contributed by atoms with van der Waals surface area (Å²) in [5.74, 6) is 0.212. The number of halogens is 1. The van der Waals surface area contributed by atoms with Gasteiger partial charge in [0.2, 0.25) is 0 Å². The monoisotopic (exact) mass is 228 g/mol. The second kappa shape index (κ2) is 4.37. The molecule has 0 spiro atoms. The van der Waals surface area contributed by atoms with Crippen molar-refractivity contribution in [2.45, 2.75) is 18.2 Å². The van der Waals surface area contributed by atoms with E-state index in [0.29, 0.717) is 5.75 Å². The minimum Gasteiger partial charge on any atom is -0.307 e. The number of aromatic nitrogens is 1. The molecule has 0 amide bonds. The van der Waals surface area contributed by atoms with Crippen LogP contribution in [0.2, 0.25) is 0 Å². The summed E-state index contributed by atoms with van der Waals surface area (Å²) in [6.07, 6.45) is 1.19. The summed E-state index contributed by atoms with van der Waals surface area (Å²) in [6.45, 7) is 2.67. The topological polar surface area (TPSA) is 42.0 Å². The molecule has 82 valence electrons. The van der Waals surface area contributed by atoms with Gasteiger partial charge in [0.05, 0.1) is 17.9 Å². The Hall–Kier alpha value is -0.810. The highest BCUT2D eigenvalue weighted by Crippen LogP contribution is 2.17.